The number of hydrogen-bond donors (Lipinski definition) is 3. The predicted molar refractivity (Wildman–Crippen MR) is 200 cm³/mol. The number of phenolic OH excluding ortho intramolecular Hbond substituents is 1. The van der Waals surface area contributed by atoms with Gasteiger partial charge in [-0.1, -0.05) is 72.1 Å². The van der Waals surface area contributed by atoms with E-state index in [2.05, 4.69) is 53.2 Å². The maximum absolute atomic E-state index is 11.1. The average Bonchev–Trinajstić information content (AvgIpc) is 3.07. The van der Waals surface area contributed by atoms with E-state index in [0.29, 0.717) is 33.5 Å². The number of thioether (sulfide) groups is 2. The number of nitrogens with zero attached hydrogens (tertiary/aromatic N) is 4. The van der Waals surface area contributed by atoms with Crippen LogP contribution < -0.4 is 15.4 Å². The fourth-order valence-electron chi connectivity index (χ4n) is 4.14. The molecule has 4 radical (unpaired) electrons. The summed E-state index contributed by atoms with van der Waals surface area (Å²) in [5, 5.41) is 19.3. The lowest BCUT2D eigenvalue weighted by Crippen LogP contribution is -2.08. The quantitative estimate of drug-likeness (QED) is 0.0383. The van der Waals surface area contributed by atoms with Crippen molar-refractivity contribution in [2.45, 2.75) is 10.3 Å². The zero-order valence-electron chi connectivity index (χ0n) is 25.0. The molecule has 4 aromatic carbocycles. The molecule has 0 aliphatic carbocycles. The monoisotopic (exact) mass is 770 g/mol. The Balaban J connectivity index is 0.000000178. The molecule has 10 nitrogen and oxygen atoms in total. The maximum Gasteiger partial charge on any atom is 0.223 e. The van der Waals surface area contributed by atoms with Crippen LogP contribution in [0.2, 0.25) is 0 Å². The van der Waals surface area contributed by atoms with E-state index in [1.807, 2.05) is 55.0 Å². The minimum atomic E-state index is -0.620. The summed E-state index contributed by atoms with van der Waals surface area (Å²) >= 11 is 5.16. The van der Waals surface area contributed by atoms with Gasteiger partial charge in [0.2, 0.25) is 21.6 Å². The Morgan fingerprint density at radius 2 is 1.21 bits per heavy atom. The second kappa shape index (κ2) is 17.5. The van der Waals surface area contributed by atoms with Crippen molar-refractivity contribution in [2.24, 2.45) is 0 Å². The Labute approximate surface area is 295 Å². The molecule has 6 aromatic rings. The molecule has 0 saturated heterocycles. The van der Waals surface area contributed by atoms with E-state index in [1.54, 1.807) is 60.6 Å². The molecule has 0 aliphatic heterocycles. The third-order valence-corrected chi connectivity index (χ3v) is 7.81. The second-order valence-electron chi connectivity index (χ2n) is 9.16. The van der Waals surface area contributed by atoms with Crippen molar-refractivity contribution in [1.82, 2.24) is 19.9 Å². The van der Waals surface area contributed by atoms with Gasteiger partial charge in [0.15, 0.2) is 21.9 Å². The molecule has 15 heteroatoms. The molecule has 6 rings (SSSR count). The first-order chi connectivity index (χ1) is 22.7. The van der Waals surface area contributed by atoms with E-state index in [4.69, 9.17) is 20.4 Å². The standard InChI is InChI=1S/C16H12BN3O2S.C11H8BNO2.C5H5IN2S/c1-23-16-18-9-8-14(20-16)22-13-7-6-12(19-15(17)21)10-4-2-3-5-11(10)13;12-11(15)13-9-5-6-10(14)8-4-2-1-3-7(8)9;1-9-5-7-3-2-4(6)8-5/h2-9H,1H3,(H,19,21);1-6,14H,(H,13,15);2-3H,1H3. The fourth-order valence-corrected chi connectivity index (χ4v) is 5.39. The minimum Gasteiger partial charge on any atom is -0.507 e. The average molecular weight is 770 g/mol. The molecule has 232 valence electrons. The van der Waals surface area contributed by atoms with Crippen LogP contribution in [-0.4, -0.2) is 64.9 Å². The highest BCUT2D eigenvalue weighted by Gasteiger charge is 2.10. The lowest BCUT2D eigenvalue weighted by molar-refractivity contribution is 0.268. The summed E-state index contributed by atoms with van der Waals surface area (Å²) in [6.07, 6.45) is 7.28. The van der Waals surface area contributed by atoms with Gasteiger partial charge in [-0.3, -0.25) is 9.59 Å². The van der Waals surface area contributed by atoms with Gasteiger partial charge in [-0.15, -0.1) is 0 Å². The largest absolute Gasteiger partial charge is 0.507 e. The van der Waals surface area contributed by atoms with E-state index in [-0.39, 0.29) is 5.75 Å². The van der Waals surface area contributed by atoms with Crippen LogP contribution in [0.15, 0.2) is 108 Å². The molecule has 0 bridgehead atoms. The third-order valence-electron chi connectivity index (χ3n) is 6.09. The molecule has 2 aromatic heterocycles. The summed E-state index contributed by atoms with van der Waals surface area (Å²) < 4.78 is 6.88. The van der Waals surface area contributed by atoms with Gasteiger partial charge in [-0.2, -0.15) is 4.98 Å². The van der Waals surface area contributed by atoms with Crippen molar-refractivity contribution in [3.63, 3.8) is 0 Å². The molecule has 0 aliphatic rings. The molecule has 0 spiro atoms. The van der Waals surface area contributed by atoms with Crippen molar-refractivity contribution < 1.29 is 19.4 Å². The normalized spacial score (nSPS) is 10.2. The van der Waals surface area contributed by atoms with Crippen LogP contribution in [0.1, 0.15) is 0 Å². The number of rotatable bonds is 6. The fraction of sp³-hybridized carbons (Fsp3) is 0.0625. The number of carbonyl (C=O) groups is 2. The van der Waals surface area contributed by atoms with Gasteiger partial charge in [0.1, 0.15) is 15.2 Å². The van der Waals surface area contributed by atoms with E-state index < -0.39 is 11.6 Å². The Morgan fingerprint density at radius 3 is 1.77 bits per heavy atom. The van der Waals surface area contributed by atoms with Crippen molar-refractivity contribution in [1.29, 1.82) is 0 Å². The molecular weight excluding hydrogens is 745 g/mol. The number of ether oxygens (including phenoxy) is 1. The number of fused-ring (bicyclic) bond motifs is 2. The predicted octanol–water partition coefficient (Wildman–Crippen LogP) is 7.89. The first-order valence-electron chi connectivity index (χ1n) is 13.6. The van der Waals surface area contributed by atoms with Crippen LogP contribution in [0.5, 0.6) is 17.4 Å². The summed E-state index contributed by atoms with van der Waals surface area (Å²) in [4.78, 5) is 38.4. The van der Waals surface area contributed by atoms with Gasteiger partial charge in [0.05, 0.1) is 0 Å². The first-order valence-corrected chi connectivity index (χ1v) is 17.1. The van der Waals surface area contributed by atoms with Crippen LogP contribution in [-0.2, 0) is 0 Å². The van der Waals surface area contributed by atoms with Gasteiger partial charge in [0, 0.05) is 51.4 Å². The summed E-state index contributed by atoms with van der Waals surface area (Å²) in [5.41, 5.74) is 1.23. The minimum absolute atomic E-state index is 0.181. The van der Waals surface area contributed by atoms with Crippen LogP contribution in [0, 0.1) is 3.70 Å². The van der Waals surface area contributed by atoms with E-state index in [9.17, 15) is 14.7 Å². The highest BCUT2D eigenvalue weighted by atomic mass is 127. The van der Waals surface area contributed by atoms with Crippen molar-refractivity contribution in [3.05, 3.63) is 101 Å². The molecule has 3 N–H and O–H groups in total. The van der Waals surface area contributed by atoms with E-state index in [1.165, 1.54) is 17.8 Å². The third kappa shape index (κ3) is 10.3. The number of anilines is 2. The zero-order valence-corrected chi connectivity index (χ0v) is 28.8. The van der Waals surface area contributed by atoms with E-state index in [0.717, 1.165) is 25.0 Å². The van der Waals surface area contributed by atoms with Gasteiger partial charge in [-0.05, 0) is 65.4 Å². The lowest BCUT2D eigenvalue weighted by Gasteiger charge is -2.12. The number of carbonyl (C=O) groups excluding carboxylic acids is 2. The smallest absolute Gasteiger partial charge is 0.223 e. The first kappa shape index (κ1) is 35.5. The molecule has 0 fully saturated rings. The Morgan fingerprint density at radius 1 is 0.702 bits per heavy atom. The van der Waals surface area contributed by atoms with Gasteiger partial charge in [-0.25, -0.2) is 15.0 Å². The number of nitrogens with one attached hydrogen (secondary N) is 2. The molecule has 0 atom stereocenters. The van der Waals surface area contributed by atoms with Gasteiger partial charge in [0.25, 0.3) is 0 Å². The zero-order chi connectivity index (χ0) is 33.8. The van der Waals surface area contributed by atoms with Gasteiger partial charge >= 0.3 is 0 Å². The number of benzene rings is 4. The summed E-state index contributed by atoms with van der Waals surface area (Å²) in [7, 11) is 10.2. The summed E-state index contributed by atoms with van der Waals surface area (Å²) in [6, 6.07) is 25.0. The Hall–Kier alpha value is -4.34. The number of halogens is 1. The molecule has 2 amide bonds. The molecule has 0 saturated carbocycles. The van der Waals surface area contributed by atoms with Crippen LogP contribution >= 0.6 is 46.1 Å². The number of phenols is 1. The summed E-state index contributed by atoms with van der Waals surface area (Å²) in [5.74, 6) is 0.0576. The van der Waals surface area contributed by atoms with Crippen molar-refractivity contribution >= 4 is 106 Å². The van der Waals surface area contributed by atoms with E-state index >= 15 is 0 Å². The number of amides is 2. The lowest BCUT2D eigenvalue weighted by atomic mass is 10.1. The van der Waals surface area contributed by atoms with Gasteiger partial charge < -0.3 is 20.5 Å². The SMILES string of the molecule is CSc1nccc(I)n1.[B]C(=O)Nc1ccc(O)c2ccccc12.[B]C(=O)Nc1ccc(Oc2ccnc(SC)n2)c2ccccc12. The number of hydrogen-bond acceptors (Lipinski definition) is 10. The molecule has 2 heterocycles. The van der Waals surface area contributed by atoms with Crippen molar-refractivity contribution in [2.75, 3.05) is 23.1 Å². The Kier molecular flexibility index (Phi) is 13.3. The number of aromatic hydroxyl groups is 1. The van der Waals surface area contributed by atoms with Crippen molar-refractivity contribution in [3.8, 4) is 17.4 Å². The topological polar surface area (TPSA) is 139 Å². The van der Waals surface area contributed by atoms with Crippen LogP contribution in [0.4, 0.5) is 21.0 Å². The Bertz CT molecular complexity index is 2020. The summed E-state index contributed by atoms with van der Waals surface area (Å²) in [6.45, 7) is 0. The highest BCUT2D eigenvalue weighted by Crippen LogP contribution is 2.34. The second-order valence-corrected chi connectivity index (χ2v) is 11.8. The molecular formula is C32H25B2IN6O4S2. The molecule has 47 heavy (non-hydrogen) atoms. The number of aromatic nitrogens is 4. The maximum atomic E-state index is 11.1. The molecule has 0 unspecified atom stereocenters. The van der Waals surface area contributed by atoms with Crippen LogP contribution in [0.3, 0.4) is 0 Å². The highest BCUT2D eigenvalue weighted by molar-refractivity contribution is 14.1. The van der Waals surface area contributed by atoms with Crippen LogP contribution in [0.25, 0.3) is 21.5 Å².